The van der Waals surface area contributed by atoms with E-state index in [1.807, 2.05) is 66.7 Å². The van der Waals surface area contributed by atoms with Gasteiger partial charge >= 0.3 is 7.32 Å². The molecule has 0 heterocycles. The van der Waals surface area contributed by atoms with E-state index in [1.165, 1.54) is 6.07 Å². The van der Waals surface area contributed by atoms with Crippen LogP contribution in [0.15, 0.2) is 84.9 Å². The maximum Gasteiger partial charge on any atom is 0.707 e. The minimum Gasteiger partial charge on any atom is -0.511 e. The van der Waals surface area contributed by atoms with Gasteiger partial charge in [0, 0.05) is 22.9 Å². The van der Waals surface area contributed by atoms with Crippen LogP contribution in [0.25, 0.3) is 43.4 Å². The number of non-ortho nitro benzene ring substituents is 1. The van der Waals surface area contributed by atoms with Gasteiger partial charge in [-0.05, 0) is 44.8 Å². The average molecular weight is 409 g/mol. The van der Waals surface area contributed by atoms with Gasteiger partial charge in [0.1, 0.15) is 5.75 Å². The lowest BCUT2D eigenvalue weighted by molar-refractivity contribution is -0.384. The smallest absolute Gasteiger partial charge is 0.511 e. The molecule has 5 aromatic carbocycles. The standard InChI is InChI=1S/C24H16BNO5/c27-25(28)31-24-21-7-3-1-5-19(21)23(20-6-2-4-8-22(20)24)17-10-9-16-14-18(26(29)30)12-11-15(16)13-17/h1-14,27-28H. The number of nitrogens with zero attached hydrogens (tertiary/aromatic N) is 1. The summed E-state index contributed by atoms with van der Waals surface area (Å²) in [4.78, 5) is 10.7. The van der Waals surface area contributed by atoms with Crippen molar-refractivity contribution in [1.82, 2.24) is 0 Å². The molecule has 6 nitrogen and oxygen atoms in total. The molecule has 0 aliphatic carbocycles. The Balaban J connectivity index is 1.84. The predicted octanol–water partition coefficient (Wildman–Crippen LogP) is 5.07. The number of benzene rings is 5. The molecule has 0 saturated heterocycles. The first-order chi connectivity index (χ1) is 15.0. The van der Waals surface area contributed by atoms with Crippen molar-refractivity contribution in [2.75, 3.05) is 0 Å². The summed E-state index contributed by atoms with van der Waals surface area (Å²) in [7, 11) is -1.94. The van der Waals surface area contributed by atoms with Crippen LogP contribution < -0.4 is 4.65 Å². The molecule has 31 heavy (non-hydrogen) atoms. The Kier molecular flexibility index (Phi) is 4.54. The number of hydrogen-bond donors (Lipinski definition) is 2. The van der Waals surface area contributed by atoms with Crippen molar-refractivity contribution in [2.24, 2.45) is 0 Å². The Morgan fingerprint density at radius 1 is 0.742 bits per heavy atom. The molecule has 150 valence electrons. The average Bonchev–Trinajstić information content (AvgIpc) is 2.78. The summed E-state index contributed by atoms with van der Waals surface area (Å²) < 4.78 is 5.38. The van der Waals surface area contributed by atoms with Gasteiger partial charge in [-0.1, -0.05) is 60.7 Å². The second-order valence-corrected chi connectivity index (χ2v) is 7.24. The van der Waals surface area contributed by atoms with Gasteiger partial charge in [-0.3, -0.25) is 10.1 Å². The molecule has 0 unspecified atom stereocenters. The van der Waals surface area contributed by atoms with Crippen LogP contribution in [0.3, 0.4) is 0 Å². The first-order valence-corrected chi connectivity index (χ1v) is 9.68. The Bertz CT molecular complexity index is 1420. The quantitative estimate of drug-likeness (QED) is 0.187. The van der Waals surface area contributed by atoms with E-state index in [0.717, 1.165) is 43.4 Å². The Labute approximate surface area is 177 Å². The molecule has 2 N–H and O–H groups in total. The highest BCUT2D eigenvalue weighted by atomic mass is 16.6. The largest absolute Gasteiger partial charge is 0.707 e. The van der Waals surface area contributed by atoms with Crippen LogP contribution >= 0.6 is 0 Å². The summed E-state index contributed by atoms with van der Waals surface area (Å²) in [5, 5.41) is 35.0. The molecule has 0 aromatic heterocycles. The van der Waals surface area contributed by atoms with E-state index in [1.54, 1.807) is 12.1 Å². The van der Waals surface area contributed by atoms with Crippen molar-refractivity contribution in [3.8, 4) is 16.9 Å². The van der Waals surface area contributed by atoms with E-state index >= 15 is 0 Å². The van der Waals surface area contributed by atoms with Crippen LogP contribution in [0.2, 0.25) is 0 Å². The lowest BCUT2D eigenvalue weighted by Gasteiger charge is -2.18. The third-order valence-corrected chi connectivity index (χ3v) is 5.43. The summed E-state index contributed by atoms with van der Waals surface area (Å²) in [6.07, 6.45) is 0. The molecule has 0 aliphatic heterocycles. The van der Waals surface area contributed by atoms with Crippen LogP contribution in [-0.2, 0) is 0 Å². The zero-order valence-corrected chi connectivity index (χ0v) is 16.2. The normalized spacial score (nSPS) is 11.2. The number of fused-ring (bicyclic) bond motifs is 3. The first kappa shape index (κ1) is 19.1. The molecule has 0 bridgehead atoms. The molecule has 0 fully saturated rings. The van der Waals surface area contributed by atoms with Crippen LogP contribution in [0.1, 0.15) is 0 Å². The third-order valence-electron chi connectivity index (χ3n) is 5.43. The fourth-order valence-electron chi connectivity index (χ4n) is 4.13. The second kappa shape index (κ2) is 7.39. The van der Waals surface area contributed by atoms with E-state index in [-0.39, 0.29) is 5.69 Å². The van der Waals surface area contributed by atoms with Crippen molar-refractivity contribution < 1.29 is 19.6 Å². The number of rotatable bonds is 4. The van der Waals surface area contributed by atoms with Gasteiger partial charge in [0.2, 0.25) is 0 Å². The molecule has 5 aromatic rings. The highest BCUT2D eigenvalue weighted by Crippen LogP contribution is 2.43. The second-order valence-electron chi connectivity index (χ2n) is 7.24. The highest BCUT2D eigenvalue weighted by molar-refractivity contribution is 6.35. The fourth-order valence-corrected chi connectivity index (χ4v) is 4.13. The summed E-state index contributed by atoms with van der Waals surface area (Å²) in [6.45, 7) is 0. The maximum atomic E-state index is 11.1. The molecule has 0 aliphatic rings. The zero-order valence-electron chi connectivity index (χ0n) is 16.2. The van der Waals surface area contributed by atoms with Gasteiger partial charge in [0.15, 0.2) is 0 Å². The van der Waals surface area contributed by atoms with E-state index < -0.39 is 12.2 Å². The SMILES string of the molecule is O=[N+]([O-])c1ccc2cc(-c3c4ccccc4c(OB(O)O)c4ccccc34)ccc2c1. The van der Waals surface area contributed by atoms with E-state index in [0.29, 0.717) is 5.75 Å². The van der Waals surface area contributed by atoms with Crippen LogP contribution in [0.4, 0.5) is 5.69 Å². The number of nitro benzene ring substituents is 1. The summed E-state index contributed by atoms with van der Waals surface area (Å²) >= 11 is 0. The molecular formula is C24H16BNO5. The van der Waals surface area contributed by atoms with Gasteiger partial charge < -0.3 is 14.7 Å². The molecule has 5 rings (SSSR count). The number of nitro groups is 1. The van der Waals surface area contributed by atoms with E-state index in [9.17, 15) is 20.2 Å². The monoisotopic (exact) mass is 409 g/mol. The molecular weight excluding hydrogens is 393 g/mol. The van der Waals surface area contributed by atoms with Crippen LogP contribution in [-0.4, -0.2) is 22.3 Å². The molecule has 7 heteroatoms. The van der Waals surface area contributed by atoms with Crippen molar-refractivity contribution >= 4 is 45.3 Å². The third kappa shape index (κ3) is 3.26. The minimum atomic E-state index is -1.94. The first-order valence-electron chi connectivity index (χ1n) is 9.68. The van der Waals surface area contributed by atoms with Crippen molar-refractivity contribution in [1.29, 1.82) is 0 Å². The van der Waals surface area contributed by atoms with E-state index in [2.05, 4.69) is 0 Å². The topological polar surface area (TPSA) is 92.8 Å². The van der Waals surface area contributed by atoms with Gasteiger partial charge in [-0.25, -0.2) is 0 Å². The maximum absolute atomic E-state index is 11.1. The number of hydrogen-bond acceptors (Lipinski definition) is 5. The molecule has 0 saturated carbocycles. The minimum absolute atomic E-state index is 0.0558. The van der Waals surface area contributed by atoms with Crippen LogP contribution in [0.5, 0.6) is 5.75 Å². The Hall–Kier alpha value is -3.94. The predicted molar refractivity (Wildman–Crippen MR) is 122 cm³/mol. The fraction of sp³-hybridized carbons (Fsp3) is 0. The van der Waals surface area contributed by atoms with Crippen molar-refractivity contribution in [3.05, 3.63) is 95.0 Å². The summed E-state index contributed by atoms with van der Waals surface area (Å²) in [6, 6.07) is 25.9. The Morgan fingerprint density at radius 2 is 1.29 bits per heavy atom. The molecule has 0 atom stereocenters. The van der Waals surface area contributed by atoms with Crippen molar-refractivity contribution in [3.63, 3.8) is 0 Å². The molecule has 0 radical (unpaired) electrons. The van der Waals surface area contributed by atoms with Gasteiger partial charge in [-0.2, -0.15) is 0 Å². The van der Waals surface area contributed by atoms with E-state index in [4.69, 9.17) is 4.65 Å². The van der Waals surface area contributed by atoms with Crippen LogP contribution in [0, 0.1) is 10.1 Å². The van der Waals surface area contributed by atoms with Gasteiger partial charge in [0.25, 0.3) is 5.69 Å². The van der Waals surface area contributed by atoms with Gasteiger partial charge in [-0.15, -0.1) is 0 Å². The highest BCUT2D eigenvalue weighted by Gasteiger charge is 2.20. The van der Waals surface area contributed by atoms with Gasteiger partial charge in [0.05, 0.1) is 4.92 Å². The molecule has 0 spiro atoms. The summed E-state index contributed by atoms with van der Waals surface area (Å²) in [5.41, 5.74) is 1.98. The Morgan fingerprint density at radius 3 is 1.87 bits per heavy atom. The molecule has 0 amide bonds. The van der Waals surface area contributed by atoms with Crippen molar-refractivity contribution in [2.45, 2.75) is 0 Å². The lowest BCUT2D eigenvalue weighted by atomic mass is 9.90. The lowest BCUT2D eigenvalue weighted by Crippen LogP contribution is -2.21. The zero-order chi connectivity index (χ0) is 21.5. The summed E-state index contributed by atoms with van der Waals surface area (Å²) in [5.74, 6) is 0.404.